The van der Waals surface area contributed by atoms with Gasteiger partial charge in [0.25, 0.3) is 0 Å². The third-order valence-corrected chi connectivity index (χ3v) is 4.78. The van der Waals surface area contributed by atoms with E-state index < -0.39 is 0 Å². The van der Waals surface area contributed by atoms with Gasteiger partial charge in [0.1, 0.15) is 5.75 Å². The highest BCUT2D eigenvalue weighted by Crippen LogP contribution is 2.17. The lowest BCUT2D eigenvalue weighted by Crippen LogP contribution is -2.53. The normalized spacial score (nSPS) is 19.0. The van der Waals surface area contributed by atoms with Crippen LogP contribution in [0.5, 0.6) is 5.75 Å². The summed E-state index contributed by atoms with van der Waals surface area (Å²) in [5.41, 5.74) is 0.637. The molecular weight excluding hydrogens is 322 g/mol. The van der Waals surface area contributed by atoms with E-state index in [9.17, 15) is 14.7 Å². The van der Waals surface area contributed by atoms with Gasteiger partial charge in [0.05, 0.1) is 26.2 Å². The van der Waals surface area contributed by atoms with Crippen molar-refractivity contribution in [2.45, 2.75) is 6.42 Å². The quantitative estimate of drug-likeness (QED) is 0.826. The van der Waals surface area contributed by atoms with Gasteiger partial charge in [0.2, 0.25) is 11.8 Å². The molecule has 1 aromatic carbocycles. The van der Waals surface area contributed by atoms with Crippen LogP contribution in [-0.2, 0) is 20.7 Å². The van der Waals surface area contributed by atoms with Crippen LogP contribution >= 0.6 is 0 Å². The summed E-state index contributed by atoms with van der Waals surface area (Å²) in [6.07, 6.45) is 0.189. The van der Waals surface area contributed by atoms with E-state index in [1.807, 2.05) is 11.0 Å². The average molecular weight is 347 g/mol. The fourth-order valence-corrected chi connectivity index (χ4v) is 3.19. The van der Waals surface area contributed by atoms with Crippen molar-refractivity contribution in [1.29, 1.82) is 0 Å². The van der Waals surface area contributed by atoms with E-state index in [1.165, 1.54) is 0 Å². The summed E-state index contributed by atoms with van der Waals surface area (Å²) in [4.78, 5) is 30.5. The molecule has 7 nitrogen and oxygen atoms in total. The number of para-hydroxylation sites is 1. The predicted molar refractivity (Wildman–Crippen MR) is 92.2 cm³/mol. The van der Waals surface area contributed by atoms with Crippen LogP contribution in [0.1, 0.15) is 5.56 Å². The van der Waals surface area contributed by atoms with E-state index in [4.69, 9.17) is 4.74 Å². The van der Waals surface area contributed by atoms with Gasteiger partial charge in [-0.2, -0.15) is 0 Å². The zero-order chi connectivity index (χ0) is 17.6. The highest BCUT2D eigenvalue weighted by Gasteiger charge is 2.26. The number of rotatable bonds is 4. The first kappa shape index (κ1) is 17.7. The summed E-state index contributed by atoms with van der Waals surface area (Å²) in [5.74, 6) is 0.256. The molecule has 2 saturated heterocycles. The lowest BCUT2D eigenvalue weighted by atomic mass is 10.1. The Kier molecular flexibility index (Phi) is 5.88. The molecule has 2 fully saturated rings. The molecule has 2 heterocycles. The molecule has 3 rings (SSSR count). The van der Waals surface area contributed by atoms with Crippen LogP contribution in [0.15, 0.2) is 24.3 Å². The van der Waals surface area contributed by atoms with Crippen LogP contribution < -0.4 is 0 Å². The Bertz CT molecular complexity index is 608. The second-order valence-corrected chi connectivity index (χ2v) is 6.46. The van der Waals surface area contributed by atoms with Gasteiger partial charge in [0.15, 0.2) is 0 Å². The number of ether oxygens (including phenoxy) is 1. The monoisotopic (exact) mass is 347 g/mol. The molecule has 25 heavy (non-hydrogen) atoms. The van der Waals surface area contributed by atoms with Gasteiger partial charge in [-0.3, -0.25) is 14.5 Å². The molecule has 7 heteroatoms. The molecule has 2 aliphatic heterocycles. The molecule has 0 atom stereocenters. The molecule has 136 valence electrons. The zero-order valence-corrected chi connectivity index (χ0v) is 14.4. The van der Waals surface area contributed by atoms with Gasteiger partial charge in [-0.15, -0.1) is 0 Å². The summed E-state index contributed by atoms with van der Waals surface area (Å²) >= 11 is 0. The number of benzene rings is 1. The van der Waals surface area contributed by atoms with Crippen LogP contribution in [0.2, 0.25) is 0 Å². The van der Waals surface area contributed by atoms with E-state index in [0.717, 1.165) is 13.1 Å². The van der Waals surface area contributed by atoms with Crippen LogP contribution in [-0.4, -0.2) is 90.6 Å². The number of amides is 2. The summed E-state index contributed by atoms with van der Waals surface area (Å²) in [5, 5.41) is 9.79. The fraction of sp³-hybridized carbons (Fsp3) is 0.556. The van der Waals surface area contributed by atoms with Gasteiger partial charge >= 0.3 is 0 Å². The number of aromatic hydroxyl groups is 1. The second kappa shape index (κ2) is 8.31. The lowest BCUT2D eigenvalue weighted by molar-refractivity contribution is -0.140. The number of morpholine rings is 1. The van der Waals surface area contributed by atoms with Crippen molar-refractivity contribution in [1.82, 2.24) is 14.7 Å². The molecule has 0 aliphatic carbocycles. The molecule has 0 saturated carbocycles. The number of phenolic OH excluding ortho intramolecular Hbond substituents is 1. The number of piperazine rings is 1. The molecular formula is C18H25N3O4. The van der Waals surface area contributed by atoms with Gasteiger partial charge < -0.3 is 19.6 Å². The van der Waals surface area contributed by atoms with E-state index in [1.54, 1.807) is 23.1 Å². The first-order valence-electron chi connectivity index (χ1n) is 8.76. The van der Waals surface area contributed by atoms with E-state index in [0.29, 0.717) is 51.5 Å². The van der Waals surface area contributed by atoms with Gasteiger partial charge in [-0.1, -0.05) is 18.2 Å². The third kappa shape index (κ3) is 4.70. The Labute approximate surface area is 147 Å². The maximum absolute atomic E-state index is 12.4. The standard InChI is InChI=1S/C18H25N3O4/c22-16-4-2-1-3-15(16)13-17(23)20-5-7-21(8-6-20)18(24)14-19-9-11-25-12-10-19/h1-4,22H,5-14H2. The van der Waals surface area contributed by atoms with Crippen molar-refractivity contribution in [2.75, 3.05) is 59.0 Å². The average Bonchev–Trinajstić information content (AvgIpc) is 2.64. The van der Waals surface area contributed by atoms with Crippen molar-refractivity contribution in [3.8, 4) is 5.75 Å². The van der Waals surface area contributed by atoms with Crippen LogP contribution in [0.4, 0.5) is 0 Å². The lowest BCUT2D eigenvalue weighted by Gasteiger charge is -2.36. The molecule has 0 aromatic heterocycles. The first-order valence-corrected chi connectivity index (χ1v) is 8.76. The summed E-state index contributed by atoms with van der Waals surface area (Å²) in [6.45, 7) is 5.60. The number of carbonyl (C=O) groups excluding carboxylic acids is 2. The Morgan fingerprint density at radius 3 is 2.16 bits per heavy atom. The number of hydrogen-bond acceptors (Lipinski definition) is 5. The minimum Gasteiger partial charge on any atom is -0.508 e. The second-order valence-electron chi connectivity index (χ2n) is 6.46. The van der Waals surface area contributed by atoms with E-state index in [-0.39, 0.29) is 24.0 Å². The molecule has 0 bridgehead atoms. The van der Waals surface area contributed by atoms with Crippen molar-refractivity contribution in [3.63, 3.8) is 0 Å². The molecule has 2 aliphatic rings. The number of phenols is 1. The maximum atomic E-state index is 12.4. The molecule has 1 aromatic rings. The van der Waals surface area contributed by atoms with E-state index >= 15 is 0 Å². The van der Waals surface area contributed by atoms with Crippen molar-refractivity contribution in [2.24, 2.45) is 0 Å². The van der Waals surface area contributed by atoms with Crippen LogP contribution in [0.3, 0.4) is 0 Å². The molecule has 2 amide bonds. The Morgan fingerprint density at radius 1 is 0.920 bits per heavy atom. The minimum absolute atomic E-state index is 0.0122. The largest absolute Gasteiger partial charge is 0.508 e. The molecule has 1 N–H and O–H groups in total. The van der Waals surface area contributed by atoms with E-state index in [2.05, 4.69) is 4.90 Å². The van der Waals surface area contributed by atoms with Crippen molar-refractivity contribution >= 4 is 11.8 Å². The number of carbonyl (C=O) groups is 2. The highest BCUT2D eigenvalue weighted by atomic mass is 16.5. The topological polar surface area (TPSA) is 73.3 Å². The van der Waals surface area contributed by atoms with Crippen molar-refractivity contribution < 1.29 is 19.4 Å². The predicted octanol–water partition coefficient (Wildman–Crippen LogP) is -0.0623. The van der Waals surface area contributed by atoms with Gasteiger partial charge in [-0.05, 0) is 6.07 Å². The van der Waals surface area contributed by atoms with Crippen molar-refractivity contribution in [3.05, 3.63) is 29.8 Å². The Balaban J connectivity index is 1.45. The number of hydrogen-bond donors (Lipinski definition) is 1. The SMILES string of the molecule is O=C(Cc1ccccc1O)N1CCN(C(=O)CN2CCOCC2)CC1. The number of nitrogens with zero attached hydrogens (tertiary/aromatic N) is 3. The maximum Gasteiger partial charge on any atom is 0.236 e. The van der Waals surface area contributed by atoms with Gasteiger partial charge in [-0.25, -0.2) is 0 Å². The minimum atomic E-state index is -0.0122. The summed E-state index contributed by atoms with van der Waals surface area (Å²) < 4.78 is 5.30. The smallest absolute Gasteiger partial charge is 0.236 e. The molecule has 0 spiro atoms. The zero-order valence-electron chi connectivity index (χ0n) is 14.4. The third-order valence-electron chi connectivity index (χ3n) is 4.78. The highest BCUT2D eigenvalue weighted by molar-refractivity contribution is 5.81. The van der Waals surface area contributed by atoms with Gasteiger partial charge in [0, 0.05) is 44.8 Å². The Hall–Kier alpha value is -2.12. The summed E-state index contributed by atoms with van der Waals surface area (Å²) in [6, 6.07) is 6.90. The van der Waals surface area contributed by atoms with Crippen LogP contribution in [0, 0.1) is 0 Å². The molecule has 0 unspecified atom stereocenters. The Morgan fingerprint density at radius 2 is 1.52 bits per heavy atom. The molecule has 0 radical (unpaired) electrons. The fourth-order valence-electron chi connectivity index (χ4n) is 3.19. The van der Waals surface area contributed by atoms with Crippen LogP contribution in [0.25, 0.3) is 0 Å². The summed E-state index contributed by atoms with van der Waals surface area (Å²) in [7, 11) is 0. The first-order chi connectivity index (χ1) is 12.1.